The number of benzene rings is 2. The Morgan fingerprint density at radius 1 is 1.16 bits per heavy atom. The first-order valence-corrected chi connectivity index (χ1v) is 6.60. The maximum absolute atomic E-state index is 4.21. The van der Waals surface area contributed by atoms with Gasteiger partial charge in [-0.2, -0.15) is 10.2 Å². The topological polar surface area (TPSA) is 53.1 Å². The van der Waals surface area contributed by atoms with Crippen LogP contribution in [0.4, 0.5) is 5.69 Å². The number of nitrogens with zero attached hydrogens (tertiary/aromatic N) is 2. The van der Waals surface area contributed by atoms with Gasteiger partial charge >= 0.3 is 0 Å². The summed E-state index contributed by atoms with van der Waals surface area (Å²) in [6.45, 7) is 0. The molecular weight excluding hydrogens is 304 g/mol. The maximum atomic E-state index is 4.21. The number of aromatic amines is 1. The molecule has 0 aliphatic rings. The number of hydrogen-bond donors (Lipinski definition) is 2. The summed E-state index contributed by atoms with van der Waals surface area (Å²) in [4.78, 5) is 0. The largest absolute Gasteiger partial charge is 0.279 e. The van der Waals surface area contributed by atoms with Crippen LogP contribution in [0.25, 0.3) is 10.9 Å². The molecule has 5 heteroatoms. The van der Waals surface area contributed by atoms with Crippen molar-refractivity contribution in [2.45, 2.75) is 0 Å². The minimum absolute atomic E-state index is 0.883. The molecule has 0 spiro atoms. The van der Waals surface area contributed by atoms with E-state index < -0.39 is 0 Å². The summed E-state index contributed by atoms with van der Waals surface area (Å²) in [6, 6.07) is 15.8. The minimum atomic E-state index is 0.883. The maximum Gasteiger partial charge on any atom is 0.108 e. The summed E-state index contributed by atoms with van der Waals surface area (Å²) < 4.78 is 0.883. The van der Waals surface area contributed by atoms with Crippen molar-refractivity contribution >= 4 is 38.7 Å². The zero-order chi connectivity index (χ0) is 13.1. The van der Waals surface area contributed by atoms with Gasteiger partial charge in [-0.3, -0.25) is 10.5 Å². The van der Waals surface area contributed by atoms with Gasteiger partial charge in [-0.1, -0.05) is 24.3 Å². The van der Waals surface area contributed by atoms with E-state index in [1.807, 2.05) is 48.5 Å². The van der Waals surface area contributed by atoms with Crippen LogP contribution in [0.1, 0.15) is 5.56 Å². The third-order valence-electron chi connectivity index (χ3n) is 2.71. The zero-order valence-corrected chi connectivity index (χ0v) is 11.6. The highest BCUT2D eigenvalue weighted by molar-refractivity contribution is 9.10. The molecule has 3 aromatic rings. The van der Waals surface area contributed by atoms with Crippen LogP contribution in [-0.4, -0.2) is 16.4 Å². The van der Waals surface area contributed by atoms with Gasteiger partial charge < -0.3 is 0 Å². The van der Waals surface area contributed by atoms with Crippen molar-refractivity contribution in [2.75, 3.05) is 5.43 Å². The SMILES string of the molecule is Brc1[nH]nc2ccc(C=NNc3ccccc3)cc12. The minimum Gasteiger partial charge on any atom is -0.279 e. The number of hydrogen-bond acceptors (Lipinski definition) is 3. The number of rotatable bonds is 3. The molecule has 0 amide bonds. The van der Waals surface area contributed by atoms with E-state index in [4.69, 9.17) is 0 Å². The number of H-pyrrole nitrogens is 1. The number of anilines is 1. The van der Waals surface area contributed by atoms with E-state index in [0.717, 1.165) is 26.8 Å². The van der Waals surface area contributed by atoms with Gasteiger partial charge in [-0.25, -0.2) is 0 Å². The Morgan fingerprint density at radius 2 is 2.00 bits per heavy atom. The van der Waals surface area contributed by atoms with Crippen LogP contribution in [0, 0.1) is 0 Å². The van der Waals surface area contributed by atoms with Crippen LogP contribution < -0.4 is 5.43 Å². The van der Waals surface area contributed by atoms with Crippen LogP contribution in [-0.2, 0) is 0 Å². The van der Waals surface area contributed by atoms with Gasteiger partial charge in [0.15, 0.2) is 0 Å². The van der Waals surface area contributed by atoms with Gasteiger partial charge in [0, 0.05) is 5.39 Å². The molecule has 4 nitrogen and oxygen atoms in total. The standard InChI is InChI=1S/C14H11BrN4/c15-14-12-8-10(6-7-13(12)18-19-14)9-16-17-11-4-2-1-3-5-11/h1-9,17H,(H,18,19). The fourth-order valence-electron chi connectivity index (χ4n) is 1.77. The monoisotopic (exact) mass is 314 g/mol. The lowest BCUT2D eigenvalue weighted by molar-refractivity contribution is 1.10. The summed E-state index contributed by atoms with van der Waals surface area (Å²) in [7, 11) is 0. The Kier molecular flexibility index (Phi) is 3.29. The summed E-state index contributed by atoms with van der Waals surface area (Å²) in [5.41, 5.74) is 5.89. The second-order valence-electron chi connectivity index (χ2n) is 4.05. The number of nitrogens with one attached hydrogen (secondary N) is 2. The highest BCUT2D eigenvalue weighted by Crippen LogP contribution is 2.21. The van der Waals surface area contributed by atoms with Crippen LogP contribution in [0.15, 0.2) is 58.2 Å². The Bertz CT molecular complexity index is 719. The van der Waals surface area contributed by atoms with E-state index in [2.05, 4.69) is 36.7 Å². The molecule has 0 aliphatic heterocycles. The summed E-state index contributed by atoms with van der Waals surface area (Å²) in [5, 5.41) is 12.3. The van der Waals surface area contributed by atoms with Crippen molar-refractivity contribution in [1.82, 2.24) is 10.2 Å². The Morgan fingerprint density at radius 3 is 2.84 bits per heavy atom. The molecule has 0 fully saturated rings. The summed E-state index contributed by atoms with van der Waals surface area (Å²) in [5.74, 6) is 0. The van der Waals surface area contributed by atoms with Crippen molar-refractivity contribution < 1.29 is 0 Å². The normalized spacial score (nSPS) is 11.2. The van der Waals surface area contributed by atoms with Gasteiger partial charge in [-0.05, 0) is 45.8 Å². The molecule has 2 aromatic carbocycles. The molecule has 2 N–H and O–H groups in total. The Balaban J connectivity index is 1.79. The molecule has 0 saturated carbocycles. The molecule has 0 atom stereocenters. The van der Waals surface area contributed by atoms with E-state index in [-0.39, 0.29) is 0 Å². The predicted octanol–water partition coefficient (Wildman–Crippen LogP) is 3.77. The highest BCUT2D eigenvalue weighted by Gasteiger charge is 2.02. The fourth-order valence-corrected chi connectivity index (χ4v) is 2.18. The van der Waals surface area contributed by atoms with Gasteiger partial charge in [0.2, 0.25) is 0 Å². The third-order valence-corrected chi connectivity index (χ3v) is 3.32. The zero-order valence-electron chi connectivity index (χ0n) is 9.97. The second-order valence-corrected chi connectivity index (χ2v) is 4.84. The van der Waals surface area contributed by atoms with Crippen LogP contribution >= 0.6 is 15.9 Å². The first-order valence-electron chi connectivity index (χ1n) is 5.81. The molecule has 0 saturated heterocycles. The first-order chi connectivity index (χ1) is 9.33. The molecule has 19 heavy (non-hydrogen) atoms. The number of hydrazone groups is 1. The lowest BCUT2D eigenvalue weighted by Crippen LogP contribution is -1.89. The molecule has 1 heterocycles. The molecule has 3 rings (SSSR count). The molecule has 94 valence electrons. The molecule has 0 unspecified atom stereocenters. The van der Waals surface area contributed by atoms with E-state index in [0.29, 0.717) is 0 Å². The second kappa shape index (κ2) is 5.24. The lowest BCUT2D eigenvalue weighted by atomic mass is 10.2. The Labute approximate surface area is 118 Å². The number of fused-ring (bicyclic) bond motifs is 1. The number of aromatic nitrogens is 2. The summed E-state index contributed by atoms with van der Waals surface area (Å²) >= 11 is 3.43. The van der Waals surface area contributed by atoms with Crippen LogP contribution in [0.5, 0.6) is 0 Å². The number of para-hydroxylation sites is 1. The van der Waals surface area contributed by atoms with Crippen molar-refractivity contribution in [2.24, 2.45) is 5.10 Å². The van der Waals surface area contributed by atoms with Crippen molar-refractivity contribution in [3.05, 3.63) is 58.7 Å². The van der Waals surface area contributed by atoms with Crippen molar-refractivity contribution in [3.8, 4) is 0 Å². The Hall–Kier alpha value is -2.14. The van der Waals surface area contributed by atoms with E-state index >= 15 is 0 Å². The van der Waals surface area contributed by atoms with Gasteiger partial charge in [-0.15, -0.1) is 0 Å². The molecule has 0 aliphatic carbocycles. The van der Waals surface area contributed by atoms with E-state index in [1.54, 1.807) is 6.21 Å². The van der Waals surface area contributed by atoms with Gasteiger partial charge in [0.25, 0.3) is 0 Å². The average molecular weight is 315 g/mol. The lowest BCUT2D eigenvalue weighted by Gasteiger charge is -1.98. The summed E-state index contributed by atoms with van der Waals surface area (Å²) in [6.07, 6.45) is 1.78. The molecule has 0 radical (unpaired) electrons. The predicted molar refractivity (Wildman–Crippen MR) is 81.5 cm³/mol. The van der Waals surface area contributed by atoms with Crippen LogP contribution in [0.2, 0.25) is 0 Å². The van der Waals surface area contributed by atoms with Gasteiger partial charge in [0.05, 0.1) is 17.4 Å². The number of halogens is 1. The van der Waals surface area contributed by atoms with Crippen molar-refractivity contribution in [1.29, 1.82) is 0 Å². The highest BCUT2D eigenvalue weighted by atomic mass is 79.9. The van der Waals surface area contributed by atoms with E-state index in [9.17, 15) is 0 Å². The third kappa shape index (κ3) is 2.66. The molecule has 1 aromatic heterocycles. The van der Waals surface area contributed by atoms with Crippen molar-refractivity contribution in [3.63, 3.8) is 0 Å². The average Bonchev–Trinajstić information content (AvgIpc) is 2.82. The van der Waals surface area contributed by atoms with Gasteiger partial charge in [0.1, 0.15) is 4.60 Å². The first kappa shape index (κ1) is 11.9. The molecular formula is C14H11BrN4. The quantitative estimate of drug-likeness (QED) is 0.571. The smallest absolute Gasteiger partial charge is 0.108 e. The fraction of sp³-hybridized carbons (Fsp3) is 0. The van der Waals surface area contributed by atoms with Crippen LogP contribution in [0.3, 0.4) is 0 Å². The van der Waals surface area contributed by atoms with E-state index in [1.165, 1.54) is 0 Å². The molecule has 0 bridgehead atoms.